The van der Waals surface area contributed by atoms with Gasteiger partial charge in [-0.15, -0.1) is 0 Å². The Balaban J connectivity index is 1.65. The molecule has 3 atom stereocenters. The Labute approximate surface area is 208 Å². The number of imidazole rings is 1. The van der Waals surface area contributed by atoms with Crippen molar-refractivity contribution in [1.29, 1.82) is 0 Å². The summed E-state index contributed by atoms with van der Waals surface area (Å²) in [6.45, 7) is 3.20. The number of aromatic nitrogens is 2. The fourth-order valence-electron chi connectivity index (χ4n) is 5.56. The van der Waals surface area contributed by atoms with Crippen LogP contribution in [-0.4, -0.2) is 53.1 Å². The van der Waals surface area contributed by atoms with E-state index in [-0.39, 0.29) is 18.5 Å². The number of aryl methyl sites for hydroxylation is 1. The van der Waals surface area contributed by atoms with Crippen molar-refractivity contribution in [2.75, 3.05) is 25.2 Å². The third-order valence-electron chi connectivity index (χ3n) is 7.34. The number of amides is 1. The van der Waals surface area contributed by atoms with E-state index in [1.807, 2.05) is 19.1 Å². The van der Waals surface area contributed by atoms with E-state index in [4.69, 9.17) is 14.5 Å². The molecule has 9 heteroatoms. The minimum absolute atomic E-state index is 0.0120. The minimum atomic E-state index is -1.04. The second kappa shape index (κ2) is 9.89. The van der Waals surface area contributed by atoms with Crippen molar-refractivity contribution in [3.05, 3.63) is 59.2 Å². The predicted molar refractivity (Wildman–Crippen MR) is 132 cm³/mol. The lowest BCUT2D eigenvalue weighted by molar-refractivity contribution is -0.138. The highest BCUT2D eigenvalue weighted by Crippen LogP contribution is 2.39. The number of carbonyl (C=O) groups is 2. The summed E-state index contributed by atoms with van der Waals surface area (Å²) in [5.41, 5.74) is 3.77. The first-order chi connectivity index (χ1) is 17.4. The molecule has 2 aromatic carbocycles. The molecule has 2 unspecified atom stereocenters. The van der Waals surface area contributed by atoms with Gasteiger partial charge in [-0.3, -0.25) is 9.69 Å². The van der Waals surface area contributed by atoms with Crippen LogP contribution in [0.1, 0.15) is 55.1 Å². The molecule has 5 rings (SSSR count). The Hall–Kier alpha value is -3.46. The number of anilines is 1. The van der Waals surface area contributed by atoms with Crippen molar-refractivity contribution < 1.29 is 28.6 Å². The summed E-state index contributed by atoms with van der Waals surface area (Å²) in [5.74, 6) is -1.84. The molecule has 0 aliphatic carbocycles. The first-order valence-corrected chi connectivity index (χ1v) is 12.3. The zero-order chi connectivity index (χ0) is 25.4. The molecule has 1 amide bonds. The quantitative estimate of drug-likeness (QED) is 0.544. The predicted octanol–water partition coefficient (Wildman–Crippen LogP) is 4.85. The maximum Gasteiger partial charge on any atom is 0.414 e. The van der Waals surface area contributed by atoms with Crippen molar-refractivity contribution in [2.45, 2.75) is 57.0 Å². The number of carboxylic acid groups (broad SMARTS) is 1. The second-order valence-electron chi connectivity index (χ2n) is 9.58. The van der Waals surface area contributed by atoms with E-state index in [2.05, 4.69) is 4.57 Å². The molecule has 0 radical (unpaired) electrons. The molecule has 3 heterocycles. The summed E-state index contributed by atoms with van der Waals surface area (Å²) in [6.07, 6.45) is 2.98. The van der Waals surface area contributed by atoms with Crippen molar-refractivity contribution in [3.63, 3.8) is 0 Å². The average molecular weight is 496 g/mol. The molecule has 1 aromatic heterocycles. The Kier molecular flexibility index (Phi) is 6.66. The van der Waals surface area contributed by atoms with Crippen LogP contribution in [0.3, 0.4) is 0 Å². The molecule has 2 aliphatic rings. The van der Waals surface area contributed by atoms with E-state index in [1.54, 1.807) is 11.0 Å². The molecule has 190 valence electrons. The van der Waals surface area contributed by atoms with E-state index in [9.17, 15) is 19.1 Å². The monoisotopic (exact) mass is 495 g/mol. The summed E-state index contributed by atoms with van der Waals surface area (Å²) in [7, 11) is 1.37. The second-order valence-corrected chi connectivity index (χ2v) is 9.58. The number of carbonyl (C=O) groups excluding carboxylic acids is 1. The maximum absolute atomic E-state index is 13.9. The van der Waals surface area contributed by atoms with Crippen molar-refractivity contribution in [3.8, 4) is 0 Å². The molecule has 0 bridgehead atoms. The molecule has 2 aliphatic heterocycles. The SMILES string of the molecule is COC(=O)N1c2ccc3c(nc(CC(C(=O)O)c4cccc(F)c4)n3C3CCCOC3)c2CC[C@@H]1C. The zero-order valence-corrected chi connectivity index (χ0v) is 20.4. The number of rotatable bonds is 5. The summed E-state index contributed by atoms with van der Waals surface area (Å²) >= 11 is 0. The van der Waals surface area contributed by atoms with Gasteiger partial charge in [0.1, 0.15) is 11.6 Å². The molecule has 0 saturated carbocycles. The number of aliphatic carboxylic acids is 1. The Morgan fingerprint density at radius 2 is 2.11 bits per heavy atom. The van der Waals surface area contributed by atoms with Crippen LogP contribution in [-0.2, 0) is 27.1 Å². The van der Waals surface area contributed by atoms with Gasteiger partial charge in [0.05, 0.1) is 42.4 Å². The van der Waals surface area contributed by atoms with Crippen LogP contribution < -0.4 is 4.90 Å². The normalized spacial score (nSPS) is 20.7. The van der Waals surface area contributed by atoms with Crippen molar-refractivity contribution >= 4 is 28.8 Å². The van der Waals surface area contributed by atoms with Gasteiger partial charge in [-0.05, 0) is 62.4 Å². The molecule has 3 aromatic rings. The first kappa shape index (κ1) is 24.2. The molecular formula is C27H30FN3O5. The number of methoxy groups -OCH3 is 1. The number of hydrogen-bond acceptors (Lipinski definition) is 5. The van der Waals surface area contributed by atoms with E-state index < -0.39 is 23.8 Å². The van der Waals surface area contributed by atoms with E-state index in [0.717, 1.165) is 48.0 Å². The van der Waals surface area contributed by atoms with Crippen LogP contribution in [0.15, 0.2) is 36.4 Å². The van der Waals surface area contributed by atoms with Gasteiger partial charge in [0.25, 0.3) is 0 Å². The summed E-state index contributed by atoms with van der Waals surface area (Å²) in [6, 6.07) is 9.61. The fraction of sp³-hybridized carbons (Fsp3) is 0.444. The van der Waals surface area contributed by atoms with Gasteiger partial charge >= 0.3 is 12.1 Å². The highest BCUT2D eigenvalue weighted by atomic mass is 19.1. The molecular weight excluding hydrogens is 465 g/mol. The molecule has 0 spiro atoms. The minimum Gasteiger partial charge on any atom is -0.481 e. The van der Waals surface area contributed by atoms with Crippen molar-refractivity contribution in [1.82, 2.24) is 9.55 Å². The topological polar surface area (TPSA) is 93.9 Å². The number of benzene rings is 2. The van der Waals surface area contributed by atoms with Gasteiger partial charge in [-0.1, -0.05) is 12.1 Å². The molecule has 1 saturated heterocycles. The van der Waals surface area contributed by atoms with E-state index in [1.165, 1.54) is 25.3 Å². The standard InChI is InChI=1S/C27H30FN3O5/c1-16-8-9-20-22(30(16)27(34)35-2)10-11-23-25(20)29-24(31(23)19-7-4-12-36-15-19)14-21(26(32)33)17-5-3-6-18(28)13-17/h3,5-6,10-11,13,16,19,21H,4,7-9,12,14-15H2,1-2H3,(H,32,33)/t16-,19?,21?/m0/s1. The fourth-order valence-corrected chi connectivity index (χ4v) is 5.56. The Morgan fingerprint density at radius 1 is 1.28 bits per heavy atom. The number of hydrogen-bond donors (Lipinski definition) is 1. The summed E-state index contributed by atoms with van der Waals surface area (Å²) < 4.78 is 26.9. The van der Waals surface area contributed by atoms with Crippen LogP contribution in [0.2, 0.25) is 0 Å². The van der Waals surface area contributed by atoms with Crippen LogP contribution >= 0.6 is 0 Å². The lowest BCUT2D eigenvalue weighted by atomic mass is 9.95. The molecule has 1 N–H and O–H groups in total. The van der Waals surface area contributed by atoms with Gasteiger partial charge in [0.2, 0.25) is 0 Å². The molecule has 1 fully saturated rings. The van der Waals surface area contributed by atoms with Crippen LogP contribution in [0.4, 0.5) is 14.9 Å². The summed E-state index contributed by atoms with van der Waals surface area (Å²) in [4.78, 5) is 31.5. The van der Waals surface area contributed by atoms with Crippen molar-refractivity contribution in [2.24, 2.45) is 0 Å². The Morgan fingerprint density at radius 3 is 2.81 bits per heavy atom. The first-order valence-electron chi connectivity index (χ1n) is 12.3. The third kappa shape index (κ3) is 4.32. The van der Waals surface area contributed by atoms with Gasteiger partial charge in [0, 0.05) is 24.6 Å². The lowest BCUT2D eigenvalue weighted by Crippen LogP contribution is -2.42. The summed E-state index contributed by atoms with van der Waals surface area (Å²) in [5, 5.41) is 10.1. The maximum atomic E-state index is 13.9. The van der Waals surface area contributed by atoms with Crippen LogP contribution in [0.5, 0.6) is 0 Å². The molecule has 36 heavy (non-hydrogen) atoms. The van der Waals surface area contributed by atoms with E-state index in [0.29, 0.717) is 24.6 Å². The van der Waals surface area contributed by atoms with Crippen LogP contribution in [0, 0.1) is 5.82 Å². The highest BCUT2D eigenvalue weighted by molar-refractivity contribution is 5.95. The van der Waals surface area contributed by atoms with E-state index >= 15 is 0 Å². The van der Waals surface area contributed by atoms with Gasteiger partial charge in [-0.2, -0.15) is 0 Å². The number of fused-ring (bicyclic) bond motifs is 3. The van der Waals surface area contributed by atoms with Gasteiger partial charge in [0.15, 0.2) is 0 Å². The van der Waals surface area contributed by atoms with Crippen LogP contribution in [0.25, 0.3) is 11.0 Å². The number of nitrogens with zero attached hydrogens (tertiary/aromatic N) is 3. The van der Waals surface area contributed by atoms with Gasteiger partial charge < -0.3 is 19.1 Å². The lowest BCUT2D eigenvalue weighted by Gasteiger charge is -2.34. The smallest absolute Gasteiger partial charge is 0.414 e. The number of carboxylic acids is 1. The highest BCUT2D eigenvalue weighted by Gasteiger charge is 2.33. The Bertz CT molecular complexity index is 1300. The number of ether oxygens (including phenoxy) is 2. The number of halogens is 1. The zero-order valence-electron chi connectivity index (χ0n) is 20.4. The molecule has 8 nitrogen and oxygen atoms in total. The third-order valence-corrected chi connectivity index (χ3v) is 7.34. The largest absolute Gasteiger partial charge is 0.481 e. The van der Waals surface area contributed by atoms with Gasteiger partial charge in [-0.25, -0.2) is 14.2 Å². The average Bonchev–Trinajstić information content (AvgIpc) is 3.25.